The van der Waals surface area contributed by atoms with Crippen molar-refractivity contribution < 1.29 is 36.9 Å². The van der Waals surface area contributed by atoms with E-state index in [1.807, 2.05) is 0 Å². The van der Waals surface area contributed by atoms with E-state index < -0.39 is 40.0 Å². The van der Waals surface area contributed by atoms with Crippen molar-refractivity contribution in [1.82, 2.24) is 0 Å². The largest absolute Gasteiger partial charge is 0.484 e. The number of rotatable bonds is 5. The summed E-state index contributed by atoms with van der Waals surface area (Å²) in [4.78, 5) is -1.10. The van der Waals surface area contributed by atoms with Crippen LogP contribution in [-0.4, -0.2) is 11.4 Å². The molecule has 25 heavy (non-hydrogen) atoms. The molecule has 0 radical (unpaired) electrons. The van der Waals surface area contributed by atoms with Gasteiger partial charge in [-0.15, -0.1) is 4.33 Å². The second-order valence-corrected chi connectivity index (χ2v) is 7.86. The Kier molecular flexibility index (Phi) is 4.59. The third kappa shape index (κ3) is 2.90. The van der Waals surface area contributed by atoms with Crippen LogP contribution in [0, 0.1) is 46.9 Å². The molecule has 0 saturated heterocycles. The Morgan fingerprint density at radius 2 is 1.32 bits per heavy atom. The first kappa shape index (κ1) is 17.4. The van der Waals surface area contributed by atoms with Gasteiger partial charge in [0.15, 0.2) is 17.4 Å². The van der Waals surface area contributed by atoms with Crippen LogP contribution in [0.1, 0.15) is 32.1 Å². The van der Waals surface area contributed by atoms with Gasteiger partial charge in [-0.05, 0) is 55.8 Å². The van der Waals surface area contributed by atoms with E-state index in [1.54, 1.807) is 0 Å². The fourth-order valence-corrected chi connectivity index (χ4v) is 5.45. The molecule has 138 valence electrons. The molecule has 4 aliphatic rings. The summed E-state index contributed by atoms with van der Waals surface area (Å²) < 4.78 is 66.0. The molecule has 4 nitrogen and oxygen atoms in total. The summed E-state index contributed by atoms with van der Waals surface area (Å²) in [5.74, 6) is -5.97. The maximum Gasteiger partial charge on any atom is 0.205 e. The summed E-state index contributed by atoms with van der Waals surface area (Å²) in [6.45, 7) is 0. The number of benzene rings is 1. The predicted molar refractivity (Wildman–Crippen MR) is 78.4 cm³/mol. The van der Waals surface area contributed by atoms with E-state index in [0.717, 1.165) is 25.7 Å². The Morgan fingerprint density at radius 1 is 0.800 bits per heavy atom. The minimum absolute atomic E-state index is 0.168. The summed E-state index contributed by atoms with van der Waals surface area (Å²) in [5.41, 5.74) is 0. The second-order valence-electron chi connectivity index (χ2n) is 7.15. The van der Waals surface area contributed by atoms with Gasteiger partial charge in [-0.25, -0.2) is 14.0 Å². The molecular weight excluding hydrogens is 364 g/mol. The van der Waals surface area contributed by atoms with Crippen LogP contribution in [0.5, 0.6) is 5.75 Å². The van der Waals surface area contributed by atoms with Crippen molar-refractivity contribution in [2.24, 2.45) is 23.7 Å². The molecule has 4 saturated carbocycles. The van der Waals surface area contributed by atoms with Crippen LogP contribution in [0.25, 0.3) is 0 Å². The molecule has 4 bridgehead atoms. The van der Waals surface area contributed by atoms with Gasteiger partial charge in [-0.2, -0.15) is 8.78 Å². The molecule has 0 atom stereocenters. The Hall–Kier alpha value is -1.03. The maximum atomic E-state index is 14.3. The first-order chi connectivity index (χ1) is 12.0. The van der Waals surface area contributed by atoms with E-state index in [2.05, 4.69) is 9.37 Å². The molecule has 1 N–H and O–H groups in total. The molecular formula is C16H16F4O4S. The third-order valence-corrected chi connectivity index (χ3v) is 6.38. The van der Waals surface area contributed by atoms with Crippen molar-refractivity contribution in [2.75, 3.05) is 0 Å². The average molecular weight is 380 g/mol. The van der Waals surface area contributed by atoms with E-state index >= 15 is 0 Å². The quantitative estimate of drug-likeness (QED) is 0.260. The van der Waals surface area contributed by atoms with Crippen molar-refractivity contribution in [3.8, 4) is 5.75 Å². The second kappa shape index (κ2) is 6.61. The van der Waals surface area contributed by atoms with E-state index in [-0.39, 0.29) is 23.9 Å². The van der Waals surface area contributed by atoms with Gasteiger partial charge in [-0.1, -0.05) is 5.04 Å². The normalized spacial score (nSPS) is 33.1. The third-order valence-electron chi connectivity index (χ3n) is 5.72. The molecule has 0 aliphatic heterocycles. The summed E-state index contributed by atoms with van der Waals surface area (Å²) >= 11 is -0.178. The number of halogens is 4. The summed E-state index contributed by atoms with van der Waals surface area (Å²) in [5, 5.41) is 11.2. The van der Waals surface area contributed by atoms with E-state index in [1.165, 1.54) is 6.42 Å². The zero-order chi connectivity index (χ0) is 17.7. The van der Waals surface area contributed by atoms with Gasteiger partial charge in [0.05, 0.1) is 12.0 Å². The van der Waals surface area contributed by atoms with Crippen LogP contribution in [0.3, 0.4) is 0 Å². The Bertz CT molecular complexity index is 630. The number of ether oxygens (including phenoxy) is 1. The fraction of sp³-hybridized carbons (Fsp3) is 0.625. The van der Waals surface area contributed by atoms with Gasteiger partial charge in [0.2, 0.25) is 11.6 Å². The molecule has 4 fully saturated rings. The molecule has 1 aromatic rings. The van der Waals surface area contributed by atoms with Crippen LogP contribution in [0.15, 0.2) is 4.90 Å². The van der Waals surface area contributed by atoms with Gasteiger partial charge >= 0.3 is 0 Å². The lowest BCUT2D eigenvalue weighted by molar-refractivity contribution is -0.432. The summed E-state index contributed by atoms with van der Waals surface area (Å²) in [7, 11) is 0. The smallest absolute Gasteiger partial charge is 0.205 e. The van der Waals surface area contributed by atoms with Crippen molar-refractivity contribution in [3.63, 3.8) is 0 Å². The Balaban J connectivity index is 1.62. The molecule has 0 amide bonds. The van der Waals surface area contributed by atoms with Crippen molar-refractivity contribution in [3.05, 3.63) is 23.3 Å². The molecule has 5 rings (SSSR count). The van der Waals surface area contributed by atoms with Crippen LogP contribution < -0.4 is 4.74 Å². The highest BCUT2D eigenvalue weighted by atomic mass is 32.2. The van der Waals surface area contributed by atoms with Gasteiger partial charge in [0.25, 0.3) is 0 Å². The average Bonchev–Trinajstić information content (AvgIpc) is 2.58. The van der Waals surface area contributed by atoms with Crippen LogP contribution in [0.4, 0.5) is 17.6 Å². The minimum atomic E-state index is -1.65. The van der Waals surface area contributed by atoms with E-state index in [0.29, 0.717) is 11.8 Å². The highest BCUT2D eigenvalue weighted by molar-refractivity contribution is 7.94. The van der Waals surface area contributed by atoms with E-state index in [9.17, 15) is 17.6 Å². The summed E-state index contributed by atoms with van der Waals surface area (Å²) in [6, 6.07) is 0. The monoisotopic (exact) mass is 380 g/mol. The van der Waals surface area contributed by atoms with Gasteiger partial charge in [0, 0.05) is 0 Å². The zero-order valence-corrected chi connectivity index (χ0v) is 13.8. The van der Waals surface area contributed by atoms with E-state index in [4.69, 9.17) is 9.99 Å². The topological polar surface area (TPSA) is 47.9 Å². The van der Waals surface area contributed by atoms with Crippen molar-refractivity contribution in [2.45, 2.75) is 43.1 Å². The first-order valence-electron chi connectivity index (χ1n) is 8.16. The first-order valence-corrected chi connectivity index (χ1v) is 8.91. The lowest BCUT2D eigenvalue weighted by Gasteiger charge is -2.53. The van der Waals surface area contributed by atoms with Gasteiger partial charge < -0.3 is 4.74 Å². The van der Waals surface area contributed by atoms with Gasteiger partial charge in [-0.3, -0.25) is 0 Å². The number of hydrogen-bond acceptors (Lipinski definition) is 5. The SMILES string of the molecule is OOOSc1c(F)c(F)c(OC2C3CC4CC(C3)CC2C4)c(F)c1F. The predicted octanol–water partition coefficient (Wildman–Crippen LogP) is 4.87. The molecule has 0 aromatic heterocycles. The highest BCUT2D eigenvalue weighted by Gasteiger charge is 2.50. The standard InChI is InChI=1S/C16H16F4O4S/c17-10-12(19)16(25-24-23-21)13(20)11(18)15(10)22-14-8-2-6-1-7(4-8)5-9(14)3-6/h6-9,14,21H,1-5H2. The highest BCUT2D eigenvalue weighted by Crippen LogP contribution is 2.55. The van der Waals surface area contributed by atoms with Gasteiger partial charge in [0.1, 0.15) is 11.0 Å². The molecule has 0 spiro atoms. The molecule has 0 unspecified atom stereocenters. The molecule has 9 heteroatoms. The number of hydrogen-bond donors (Lipinski definition) is 1. The van der Waals surface area contributed by atoms with Crippen molar-refractivity contribution >= 4 is 12.0 Å². The van der Waals surface area contributed by atoms with Crippen molar-refractivity contribution in [1.29, 1.82) is 0 Å². The molecule has 4 aliphatic carbocycles. The minimum Gasteiger partial charge on any atom is -0.484 e. The lowest BCUT2D eigenvalue weighted by Crippen LogP contribution is -2.50. The zero-order valence-electron chi connectivity index (χ0n) is 13.0. The Labute approximate surface area is 145 Å². The lowest BCUT2D eigenvalue weighted by atomic mass is 9.55. The molecule has 0 heterocycles. The van der Waals surface area contributed by atoms with Crippen LogP contribution >= 0.6 is 12.0 Å². The maximum absolute atomic E-state index is 14.3. The van der Waals surface area contributed by atoms with Crippen LogP contribution in [0.2, 0.25) is 0 Å². The van der Waals surface area contributed by atoms with Crippen LogP contribution in [-0.2, 0) is 9.37 Å². The Morgan fingerprint density at radius 3 is 1.80 bits per heavy atom. The summed E-state index contributed by atoms with van der Waals surface area (Å²) in [6.07, 6.45) is 4.50. The molecule has 1 aromatic carbocycles. The fourth-order valence-electron chi connectivity index (χ4n) is 5.02.